The second-order valence-electron chi connectivity index (χ2n) is 5.49. The Hall–Kier alpha value is -2.37. The van der Waals surface area contributed by atoms with E-state index in [0.29, 0.717) is 30.5 Å². The molecule has 22 heavy (non-hydrogen) atoms. The van der Waals surface area contributed by atoms with Gasteiger partial charge in [-0.15, -0.1) is 0 Å². The van der Waals surface area contributed by atoms with Crippen molar-refractivity contribution in [1.82, 2.24) is 10.2 Å². The molecule has 1 N–H and O–H groups in total. The number of carbonyl (C=O) groups is 3. The highest BCUT2D eigenvalue weighted by molar-refractivity contribution is 5.96. The van der Waals surface area contributed by atoms with E-state index in [4.69, 9.17) is 4.74 Å². The lowest BCUT2D eigenvalue weighted by Crippen LogP contribution is -2.46. The molecular formula is C16H18N2O4. The number of nitrogens with zero attached hydrogens (tertiary/aromatic N) is 1. The Balaban J connectivity index is 1.88. The maximum absolute atomic E-state index is 12.3. The number of benzene rings is 1. The smallest absolute Gasteiger partial charge is 0.340 e. The summed E-state index contributed by atoms with van der Waals surface area (Å²) in [5.74, 6) is -0.799. The average molecular weight is 302 g/mol. The maximum atomic E-state index is 12.3. The number of nitrogens with one attached hydrogen (secondary N) is 1. The second kappa shape index (κ2) is 5.79. The number of likely N-dealkylation sites (tertiary alicyclic amines) is 1. The number of cyclic esters (lactones) is 1. The molecule has 1 fully saturated rings. The molecule has 0 spiro atoms. The van der Waals surface area contributed by atoms with Crippen LogP contribution in [0.4, 0.5) is 0 Å². The summed E-state index contributed by atoms with van der Waals surface area (Å²) < 4.78 is 5.36. The van der Waals surface area contributed by atoms with Crippen molar-refractivity contribution in [3.8, 4) is 0 Å². The normalized spacial score (nSPS) is 23.4. The lowest BCUT2D eigenvalue weighted by atomic mass is 10.1. The molecule has 2 aliphatic heterocycles. The van der Waals surface area contributed by atoms with Crippen LogP contribution in [0.1, 0.15) is 48.3 Å². The fraction of sp³-hybridized carbons (Fsp3) is 0.438. The highest BCUT2D eigenvalue weighted by atomic mass is 16.6. The molecule has 2 heterocycles. The van der Waals surface area contributed by atoms with Gasteiger partial charge in [0.25, 0.3) is 0 Å². The van der Waals surface area contributed by atoms with Crippen molar-refractivity contribution in [3.63, 3.8) is 0 Å². The van der Waals surface area contributed by atoms with Gasteiger partial charge in [-0.2, -0.15) is 0 Å². The third kappa shape index (κ3) is 2.34. The third-order valence-corrected chi connectivity index (χ3v) is 4.03. The van der Waals surface area contributed by atoms with Gasteiger partial charge in [-0.3, -0.25) is 14.5 Å². The number of esters is 1. The van der Waals surface area contributed by atoms with Crippen LogP contribution in [0, 0.1) is 0 Å². The summed E-state index contributed by atoms with van der Waals surface area (Å²) in [5, 5.41) is 2.81. The van der Waals surface area contributed by atoms with Crippen LogP contribution in [-0.4, -0.2) is 35.3 Å². The predicted molar refractivity (Wildman–Crippen MR) is 77.8 cm³/mol. The van der Waals surface area contributed by atoms with E-state index in [1.807, 2.05) is 6.92 Å². The number of ether oxygens (including phenoxy) is 1. The molecule has 3 rings (SSSR count). The predicted octanol–water partition coefficient (Wildman–Crippen LogP) is 1.37. The van der Waals surface area contributed by atoms with Gasteiger partial charge in [-0.05, 0) is 18.9 Å². The van der Waals surface area contributed by atoms with Gasteiger partial charge in [0.2, 0.25) is 18.0 Å². The van der Waals surface area contributed by atoms with Crippen molar-refractivity contribution >= 4 is 17.8 Å². The molecule has 116 valence electrons. The molecule has 0 aromatic heterocycles. The van der Waals surface area contributed by atoms with Crippen LogP contribution in [-0.2, 0) is 14.3 Å². The average Bonchev–Trinajstić information content (AvgIpc) is 3.06. The Labute approximate surface area is 128 Å². The number of rotatable bonds is 4. The summed E-state index contributed by atoms with van der Waals surface area (Å²) in [5.41, 5.74) is 1.11. The monoisotopic (exact) mass is 302 g/mol. The van der Waals surface area contributed by atoms with Crippen molar-refractivity contribution in [2.24, 2.45) is 0 Å². The SMILES string of the molecule is CCCNC(=O)[C@H]1CCC(=O)N1[C@H]1OC(=O)c2ccccc21. The van der Waals surface area contributed by atoms with Gasteiger partial charge >= 0.3 is 5.97 Å². The molecule has 0 radical (unpaired) electrons. The van der Waals surface area contributed by atoms with Crippen molar-refractivity contribution in [3.05, 3.63) is 35.4 Å². The minimum Gasteiger partial charge on any atom is -0.433 e. The number of amides is 2. The summed E-state index contributed by atoms with van der Waals surface area (Å²) in [6.45, 7) is 2.53. The molecule has 2 atom stereocenters. The van der Waals surface area contributed by atoms with E-state index in [2.05, 4.69) is 5.32 Å². The zero-order chi connectivity index (χ0) is 15.7. The first-order valence-electron chi connectivity index (χ1n) is 7.52. The van der Waals surface area contributed by atoms with Crippen LogP contribution in [0.2, 0.25) is 0 Å². The van der Waals surface area contributed by atoms with Gasteiger partial charge < -0.3 is 10.1 Å². The number of carbonyl (C=O) groups excluding carboxylic acids is 3. The molecule has 0 aliphatic carbocycles. The van der Waals surface area contributed by atoms with Crippen molar-refractivity contribution in [2.45, 2.75) is 38.5 Å². The van der Waals surface area contributed by atoms with Gasteiger partial charge in [0.15, 0.2) is 0 Å². The molecule has 0 saturated carbocycles. The van der Waals surface area contributed by atoms with Gasteiger partial charge in [-0.1, -0.05) is 25.1 Å². The Morgan fingerprint density at radius 2 is 2.14 bits per heavy atom. The van der Waals surface area contributed by atoms with E-state index in [1.165, 1.54) is 4.90 Å². The number of fused-ring (bicyclic) bond motifs is 1. The third-order valence-electron chi connectivity index (χ3n) is 4.03. The van der Waals surface area contributed by atoms with Crippen molar-refractivity contribution in [2.75, 3.05) is 6.54 Å². The van der Waals surface area contributed by atoms with Crippen LogP contribution in [0.25, 0.3) is 0 Å². The summed E-state index contributed by atoms with van der Waals surface area (Å²) in [6.07, 6.45) is 0.773. The largest absolute Gasteiger partial charge is 0.433 e. The zero-order valence-electron chi connectivity index (χ0n) is 12.4. The lowest BCUT2D eigenvalue weighted by molar-refractivity contribution is -0.145. The molecular weight excluding hydrogens is 284 g/mol. The minimum absolute atomic E-state index is 0.161. The number of hydrogen-bond acceptors (Lipinski definition) is 4. The first-order valence-corrected chi connectivity index (χ1v) is 7.52. The Morgan fingerprint density at radius 1 is 1.36 bits per heavy atom. The first-order chi connectivity index (χ1) is 10.6. The summed E-state index contributed by atoms with van der Waals surface area (Å²) >= 11 is 0. The van der Waals surface area contributed by atoms with Gasteiger partial charge in [0.1, 0.15) is 6.04 Å². The van der Waals surface area contributed by atoms with E-state index in [1.54, 1.807) is 24.3 Å². The standard InChI is InChI=1S/C16H18N2O4/c1-2-9-17-14(20)12-7-8-13(19)18(12)15-10-5-3-4-6-11(10)16(21)22-15/h3-6,12,15H,2,7-9H2,1H3,(H,17,20)/t12-,15+/m1/s1. The fourth-order valence-corrected chi connectivity index (χ4v) is 2.95. The number of hydrogen-bond donors (Lipinski definition) is 1. The first kappa shape index (κ1) is 14.6. The fourth-order valence-electron chi connectivity index (χ4n) is 2.95. The molecule has 6 nitrogen and oxygen atoms in total. The van der Waals surface area contributed by atoms with Crippen LogP contribution in [0.15, 0.2) is 24.3 Å². The minimum atomic E-state index is -0.795. The molecule has 2 amide bonds. The highest BCUT2D eigenvalue weighted by Crippen LogP contribution is 2.38. The van der Waals surface area contributed by atoms with Crippen LogP contribution in [0.5, 0.6) is 0 Å². The summed E-state index contributed by atoms with van der Waals surface area (Å²) in [7, 11) is 0. The van der Waals surface area contributed by atoms with Gasteiger partial charge in [0.05, 0.1) is 5.56 Å². The van der Waals surface area contributed by atoms with E-state index in [9.17, 15) is 14.4 Å². The molecule has 1 aromatic carbocycles. The Kier molecular flexibility index (Phi) is 3.83. The van der Waals surface area contributed by atoms with Crippen LogP contribution < -0.4 is 5.32 Å². The van der Waals surface area contributed by atoms with Crippen molar-refractivity contribution in [1.29, 1.82) is 0 Å². The van der Waals surface area contributed by atoms with E-state index in [-0.39, 0.29) is 11.8 Å². The molecule has 0 bridgehead atoms. The quantitative estimate of drug-likeness (QED) is 0.852. The maximum Gasteiger partial charge on any atom is 0.340 e. The van der Waals surface area contributed by atoms with Gasteiger partial charge in [0, 0.05) is 18.5 Å². The molecule has 1 saturated heterocycles. The summed E-state index contributed by atoms with van der Waals surface area (Å²) in [6, 6.07) is 6.39. The molecule has 1 aromatic rings. The topological polar surface area (TPSA) is 75.7 Å². The van der Waals surface area contributed by atoms with E-state index in [0.717, 1.165) is 6.42 Å². The van der Waals surface area contributed by atoms with Gasteiger partial charge in [-0.25, -0.2) is 4.79 Å². The van der Waals surface area contributed by atoms with Crippen molar-refractivity contribution < 1.29 is 19.1 Å². The molecule has 0 unspecified atom stereocenters. The Morgan fingerprint density at radius 3 is 2.91 bits per heavy atom. The lowest BCUT2D eigenvalue weighted by Gasteiger charge is -2.29. The van der Waals surface area contributed by atoms with E-state index < -0.39 is 18.2 Å². The Bertz CT molecular complexity index is 628. The second-order valence-corrected chi connectivity index (χ2v) is 5.49. The molecule has 2 aliphatic rings. The van der Waals surface area contributed by atoms with Crippen LogP contribution >= 0.6 is 0 Å². The molecule has 6 heteroatoms. The highest BCUT2D eigenvalue weighted by Gasteiger charge is 2.46. The summed E-state index contributed by atoms with van der Waals surface area (Å²) in [4.78, 5) is 37.8. The van der Waals surface area contributed by atoms with Crippen LogP contribution in [0.3, 0.4) is 0 Å². The zero-order valence-corrected chi connectivity index (χ0v) is 12.4. The van der Waals surface area contributed by atoms with E-state index >= 15 is 0 Å².